The van der Waals surface area contributed by atoms with E-state index in [4.69, 9.17) is 0 Å². The highest BCUT2D eigenvalue weighted by molar-refractivity contribution is 5.70. The maximum atomic E-state index is 11.5. The molecule has 0 bridgehead atoms. The Labute approximate surface area is 109 Å². The highest BCUT2D eigenvalue weighted by Gasteiger charge is 2.35. The molecule has 0 aliphatic carbocycles. The van der Waals surface area contributed by atoms with Crippen LogP contribution in [0.1, 0.15) is 24.8 Å². The van der Waals surface area contributed by atoms with Crippen LogP contribution in [-0.2, 0) is 11.2 Å². The summed E-state index contributed by atoms with van der Waals surface area (Å²) in [4.78, 5) is 11.5. The van der Waals surface area contributed by atoms with Gasteiger partial charge in [-0.05, 0) is 24.8 Å². The van der Waals surface area contributed by atoms with Gasteiger partial charge >= 0.3 is 0 Å². The molecule has 2 rings (SSSR count). The molecule has 1 fully saturated rings. The third-order valence-corrected chi connectivity index (χ3v) is 4.13. The van der Waals surface area contributed by atoms with E-state index in [2.05, 4.69) is 7.05 Å². The predicted octanol–water partition coefficient (Wildman–Crippen LogP) is 0.978. The lowest BCUT2D eigenvalue weighted by Crippen LogP contribution is -2.62. The van der Waals surface area contributed by atoms with Gasteiger partial charge in [0.15, 0.2) is 0 Å². The molecule has 0 radical (unpaired) electrons. The van der Waals surface area contributed by atoms with Crippen molar-refractivity contribution in [3.8, 4) is 0 Å². The Bertz CT molecular complexity index is 396. The Morgan fingerprint density at radius 2 is 1.83 bits per heavy atom. The molecule has 3 nitrogen and oxygen atoms in total. The number of aliphatic carboxylic acids is 1. The summed E-state index contributed by atoms with van der Waals surface area (Å²) in [6.45, 7) is 1.90. The number of carbonyl (C=O) groups excluding carboxylic acids is 1. The number of benzene rings is 1. The Morgan fingerprint density at radius 1 is 1.22 bits per heavy atom. The minimum absolute atomic E-state index is 0.423. The lowest BCUT2D eigenvalue weighted by molar-refractivity contribution is -0.931. The highest BCUT2D eigenvalue weighted by atomic mass is 16.4. The lowest BCUT2D eigenvalue weighted by Gasteiger charge is -2.44. The Hall–Kier alpha value is -1.35. The number of likely N-dealkylation sites (N-methyl/N-ethyl adjacent to an activating group) is 1. The number of hydrogen-bond acceptors (Lipinski definition) is 2. The topological polar surface area (TPSA) is 40.1 Å². The molecule has 1 saturated heterocycles. The van der Waals surface area contributed by atoms with Gasteiger partial charge in [0.25, 0.3) is 0 Å². The van der Waals surface area contributed by atoms with E-state index in [1.807, 2.05) is 30.3 Å². The molecule has 3 heteroatoms. The second-order valence-electron chi connectivity index (χ2n) is 5.51. The zero-order valence-corrected chi connectivity index (χ0v) is 11.0. The monoisotopic (exact) mass is 247 g/mol. The smallest absolute Gasteiger partial charge is 0.133 e. The minimum atomic E-state index is -0.914. The standard InChI is InChI=1S/C15H21NO2/c1-16(10-6-3-7-11-16)14(15(17)18)12-13-8-4-2-5-9-13/h2,4-5,8-9,14H,3,6-7,10-12H2,1H3/t14-/m0/s1. The fourth-order valence-electron chi connectivity index (χ4n) is 2.94. The summed E-state index contributed by atoms with van der Waals surface area (Å²) < 4.78 is 0.622. The molecule has 0 spiro atoms. The fraction of sp³-hybridized carbons (Fsp3) is 0.533. The molecule has 0 unspecified atom stereocenters. The number of nitrogens with zero attached hydrogens (tertiary/aromatic N) is 1. The molecular formula is C15H21NO2. The third-order valence-electron chi connectivity index (χ3n) is 4.13. The summed E-state index contributed by atoms with van der Waals surface area (Å²) in [5.74, 6) is -0.914. The highest BCUT2D eigenvalue weighted by Crippen LogP contribution is 2.22. The molecule has 0 aromatic heterocycles. The van der Waals surface area contributed by atoms with Gasteiger partial charge in [-0.25, -0.2) is 0 Å². The van der Waals surface area contributed by atoms with Gasteiger partial charge in [0.2, 0.25) is 0 Å². The normalized spacial score (nSPS) is 20.3. The van der Waals surface area contributed by atoms with E-state index in [1.54, 1.807) is 0 Å². The number of quaternary nitrogens is 1. The van der Waals surface area contributed by atoms with Gasteiger partial charge in [-0.1, -0.05) is 30.3 Å². The number of rotatable bonds is 4. The van der Waals surface area contributed by atoms with E-state index < -0.39 is 12.0 Å². The summed E-state index contributed by atoms with van der Waals surface area (Å²) in [5.41, 5.74) is 1.08. The van der Waals surface area contributed by atoms with Crippen molar-refractivity contribution in [1.82, 2.24) is 0 Å². The SMILES string of the molecule is C[N+]1([C@@H](Cc2ccccc2)C(=O)[O-])CCCCC1. The van der Waals surface area contributed by atoms with Gasteiger partial charge in [-0.3, -0.25) is 0 Å². The van der Waals surface area contributed by atoms with Crippen molar-refractivity contribution in [2.24, 2.45) is 0 Å². The van der Waals surface area contributed by atoms with E-state index in [1.165, 1.54) is 6.42 Å². The van der Waals surface area contributed by atoms with E-state index in [0.29, 0.717) is 10.9 Å². The van der Waals surface area contributed by atoms with E-state index in [9.17, 15) is 9.90 Å². The summed E-state index contributed by atoms with van der Waals surface area (Å²) in [6, 6.07) is 9.43. The average Bonchev–Trinajstić information content (AvgIpc) is 2.37. The first kappa shape index (κ1) is 13.1. The van der Waals surface area contributed by atoms with Crippen molar-refractivity contribution in [3.63, 3.8) is 0 Å². The molecule has 0 N–H and O–H groups in total. The Kier molecular flexibility index (Phi) is 4.02. The van der Waals surface area contributed by atoms with Crippen molar-refractivity contribution in [3.05, 3.63) is 35.9 Å². The van der Waals surface area contributed by atoms with Crippen LogP contribution in [0.2, 0.25) is 0 Å². The molecule has 1 aliphatic rings. The minimum Gasteiger partial charge on any atom is -0.544 e. The van der Waals surface area contributed by atoms with E-state index >= 15 is 0 Å². The maximum absolute atomic E-state index is 11.5. The van der Waals surface area contributed by atoms with Gasteiger partial charge in [0.1, 0.15) is 6.04 Å². The van der Waals surface area contributed by atoms with Crippen LogP contribution in [-0.4, -0.2) is 36.6 Å². The van der Waals surface area contributed by atoms with Crippen LogP contribution in [0, 0.1) is 0 Å². The molecule has 18 heavy (non-hydrogen) atoms. The summed E-state index contributed by atoms with van der Waals surface area (Å²) in [7, 11) is 2.06. The molecule has 1 aromatic carbocycles. The number of carbonyl (C=O) groups is 1. The number of carboxylic acid groups (broad SMARTS) is 1. The third kappa shape index (κ3) is 2.91. The van der Waals surface area contributed by atoms with Crippen molar-refractivity contribution in [2.45, 2.75) is 31.7 Å². The number of carboxylic acids is 1. The molecule has 0 amide bonds. The molecule has 98 valence electrons. The van der Waals surface area contributed by atoms with Crippen molar-refractivity contribution >= 4 is 5.97 Å². The molecular weight excluding hydrogens is 226 g/mol. The average molecular weight is 247 g/mol. The zero-order chi connectivity index (χ0) is 13.0. The summed E-state index contributed by atoms with van der Waals surface area (Å²) in [6.07, 6.45) is 4.03. The van der Waals surface area contributed by atoms with Crippen molar-refractivity contribution < 1.29 is 14.4 Å². The molecule has 1 aromatic rings. The lowest BCUT2D eigenvalue weighted by atomic mass is 9.99. The second kappa shape index (κ2) is 5.53. The Balaban J connectivity index is 2.15. The van der Waals surface area contributed by atoms with Crippen LogP contribution in [0.5, 0.6) is 0 Å². The van der Waals surface area contributed by atoms with Gasteiger partial charge in [0, 0.05) is 6.42 Å². The Morgan fingerprint density at radius 3 is 2.39 bits per heavy atom. The maximum Gasteiger partial charge on any atom is 0.133 e. The summed E-state index contributed by atoms with van der Waals surface area (Å²) >= 11 is 0. The van der Waals surface area contributed by atoms with E-state index in [0.717, 1.165) is 31.5 Å². The first-order valence-corrected chi connectivity index (χ1v) is 6.71. The van der Waals surface area contributed by atoms with Gasteiger partial charge in [-0.15, -0.1) is 0 Å². The van der Waals surface area contributed by atoms with Gasteiger partial charge in [0.05, 0.1) is 26.1 Å². The first-order valence-electron chi connectivity index (χ1n) is 6.71. The first-order chi connectivity index (χ1) is 8.62. The van der Waals surface area contributed by atoms with Gasteiger partial charge < -0.3 is 14.4 Å². The van der Waals surface area contributed by atoms with Crippen LogP contribution in [0.25, 0.3) is 0 Å². The molecule has 1 atom stereocenters. The van der Waals surface area contributed by atoms with Crippen molar-refractivity contribution in [1.29, 1.82) is 0 Å². The quantitative estimate of drug-likeness (QED) is 0.744. The summed E-state index contributed by atoms with van der Waals surface area (Å²) in [5, 5.41) is 11.5. The van der Waals surface area contributed by atoms with Crippen LogP contribution in [0.15, 0.2) is 30.3 Å². The van der Waals surface area contributed by atoms with Crippen LogP contribution in [0.3, 0.4) is 0 Å². The van der Waals surface area contributed by atoms with E-state index in [-0.39, 0.29) is 0 Å². The fourth-order valence-corrected chi connectivity index (χ4v) is 2.94. The number of likely N-dealkylation sites (tertiary alicyclic amines) is 1. The van der Waals surface area contributed by atoms with Crippen LogP contribution in [0.4, 0.5) is 0 Å². The largest absolute Gasteiger partial charge is 0.544 e. The number of hydrogen-bond donors (Lipinski definition) is 0. The second-order valence-corrected chi connectivity index (χ2v) is 5.51. The van der Waals surface area contributed by atoms with Crippen molar-refractivity contribution in [2.75, 3.05) is 20.1 Å². The van der Waals surface area contributed by atoms with Crippen LogP contribution < -0.4 is 5.11 Å². The van der Waals surface area contributed by atoms with Crippen LogP contribution >= 0.6 is 0 Å². The molecule has 0 saturated carbocycles. The number of piperidine rings is 1. The predicted molar refractivity (Wildman–Crippen MR) is 68.7 cm³/mol. The zero-order valence-electron chi connectivity index (χ0n) is 11.0. The molecule has 1 heterocycles. The van der Waals surface area contributed by atoms with Gasteiger partial charge in [-0.2, -0.15) is 0 Å². The molecule has 1 aliphatic heterocycles.